The van der Waals surface area contributed by atoms with E-state index in [-0.39, 0.29) is 23.8 Å². The zero-order valence-electron chi connectivity index (χ0n) is 22.9. The van der Waals surface area contributed by atoms with Crippen molar-refractivity contribution in [1.29, 1.82) is 0 Å². The van der Waals surface area contributed by atoms with E-state index in [0.717, 1.165) is 15.3 Å². The van der Waals surface area contributed by atoms with Gasteiger partial charge in [-0.05, 0) is 53.5 Å². The fourth-order valence-corrected chi connectivity index (χ4v) is 5.99. The lowest BCUT2D eigenvalue weighted by atomic mass is 10.0. The van der Waals surface area contributed by atoms with Gasteiger partial charge in [-0.15, -0.1) is 11.3 Å². The van der Waals surface area contributed by atoms with E-state index >= 15 is 0 Å². The summed E-state index contributed by atoms with van der Waals surface area (Å²) >= 11 is 14.3. The van der Waals surface area contributed by atoms with Gasteiger partial charge in [-0.3, -0.25) is 9.78 Å². The third-order valence-corrected chi connectivity index (χ3v) is 13.0. The van der Waals surface area contributed by atoms with Crippen LogP contribution in [0.5, 0.6) is 11.5 Å². The molecular formula is C28H35Cl2NO5SSi. The van der Waals surface area contributed by atoms with E-state index in [1.807, 2.05) is 18.2 Å². The second-order valence-electron chi connectivity index (χ2n) is 10.5. The van der Waals surface area contributed by atoms with Gasteiger partial charge in [0.2, 0.25) is 0 Å². The van der Waals surface area contributed by atoms with E-state index in [4.69, 9.17) is 41.8 Å². The van der Waals surface area contributed by atoms with Gasteiger partial charge in [-0.2, -0.15) is 0 Å². The van der Waals surface area contributed by atoms with Gasteiger partial charge in [0, 0.05) is 28.6 Å². The Labute approximate surface area is 240 Å². The van der Waals surface area contributed by atoms with Crippen LogP contribution in [0.3, 0.4) is 0 Å². The first kappa shape index (κ1) is 30.4. The molecule has 6 nitrogen and oxygen atoms in total. The molecule has 0 aliphatic heterocycles. The van der Waals surface area contributed by atoms with Gasteiger partial charge in [0.25, 0.3) is 0 Å². The molecular weight excluding hydrogens is 561 g/mol. The second kappa shape index (κ2) is 12.8. The van der Waals surface area contributed by atoms with Gasteiger partial charge in [0.05, 0.1) is 37.3 Å². The van der Waals surface area contributed by atoms with Gasteiger partial charge in [-0.1, -0.05) is 50.0 Å². The molecule has 38 heavy (non-hydrogen) atoms. The Morgan fingerprint density at radius 1 is 1.00 bits per heavy atom. The number of carbonyl (C=O) groups excluding carboxylic acids is 1. The smallest absolute Gasteiger partial charge is 0.311 e. The summed E-state index contributed by atoms with van der Waals surface area (Å²) in [5.41, 5.74) is 1.38. The van der Waals surface area contributed by atoms with Gasteiger partial charge >= 0.3 is 5.97 Å². The molecule has 0 amide bonds. The fraction of sp³-hybridized carbons (Fsp3) is 0.429. The monoisotopic (exact) mass is 595 g/mol. The summed E-state index contributed by atoms with van der Waals surface area (Å²) < 4.78 is 23.2. The average Bonchev–Trinajstić information content (AvgIpc) is 3.30. The molecule has 0 saturated heterocycles. The summed E-state index contributed by atoms with van der Waals surface area (Å²) in [6.07, 6.45) is 2.81. The summed E-state index contributed by atoms with van der Waals surface area (Å²) in [7, 11) is 1.26. The summed E-state index contributed by atoms with van der Waals surface area (Å²) in [6, 6.07) is 9.38. The number of pyridine rings is 1. The minimum absolute atomic E-state index is 0.136. The number of methoxy groups -OCH3 is 2. The second-order valence-corrected chi connectivity index (χ2v) is 17.3. The molecule has 0 N–H and O–H groups in total. The highest BCUT2D eigenvalue weighted by Gasteiger charge is 2.37. The number of rotatable bonds is 11. The van der Waals surface area contributed by atoms with Crippen LogP contribution in [-0.4, -0.2) is 33.5 Å². The maximum absolute atomic E-state index is 13.1. The van der Waals surface area contributed by atoms with E-state index in [9.17, 15) is 4.79 Å². The third-order valence-electron chi connectivity index (χ3n) is 6.81. The number of esters is 1. The van der Waals surface area contributed by atoms with Crippen LogP contribution in [0.4, 0.5) is 0 Å². The Bertz CT molecular complexity index is 1240. The molecule has 10 heteroatoms. The molecule has 0 saturated carbocycles. The molecule has 0 bridgehead atoms. The summed E-state index contributed by atoms with van der Waals surface area (Å²) in [6.45, 7) is 11.7. The standard InChI is InChI=1S/C28H35Cl2NO5SSi/c1-28(2,3)38(6,7)35-17-20-10-9-19(37-20)13-27(32)36-25(14-21-22(29)15-31-16-23(21)30)18-8-11-24(33-4)26(12-18)34-5/h8-12,15-16,25H,13-14,17H2,1-7H3/t25-/m0/s1. The van der Waals surface area contributed by atoms with Gasteiger partial charge in [-0.25, -0.2) is 0 Å². The molecule has 1 aromatic carbocycles. The van der Waals surface area contributed by atoms with E-state index in [1.54, 1.807) is 37.7 Å². The Morgan fingerprint density at radius 3 is 2.24 bits per heavy atom. The normalized spacial score (nSPS) is 12.8. The van der Waals surface area contributed by atoms with Crippen LogP contribution >= 0.6 is 34.5 Å². The van der Waals surface area contributed by atoms with Crippen LogP contribution in [0, 0.1) is 0 Å². The van der Waals surface area contributed by atoms with Crippen molar-refractivity contribution < 1.29 is 23.4 Å². The van der Waals surface area contributed by atoms with Gasteiger partial charge in [0.15, 0.2) is 19.8 Å². The van der Waals surface area contributed by atoms with Crippen LogP contribution < -0.4 is 9.47 Å². The first-order valence-corrected chi connectivity index (χ1v) is 16.7. The maximum Gasteiger partial charge on any atom is 0.311 e. The Hall–Kier alpha value is -2.10. The Kier molecular flexibility index (Phi) is 10.3. The quantitative estimate of drug-likeness (QED) is 0.165. The van der Waals surface area contributed by atoms with Gasteiger partial charge < -0.3 is 18.6 Å². The molecule has 0 spiro atoms. The van der Waals surface area contributed by atoms with Crippen LogP contribution in [0.1, 0.15) is 47.8 Å². The van der Waals surface area contributed by atoms with Crippen LogP contribution in [0.15, 0.2) is 42.7 Å². The van der Waals surface area contributed by atoms with Crippen molar-refractivity contribution in [3.05, 3.63) is 73.7 Å². The molecule has 3 rings (SSSR count). The van der Waals surface area contributed by atoms with Crippen molar-refractivity contribution in [1.82, 2.24) is 4.98 Å². The van der Waals surface area contributed by atoms with E-state index in [2.05, 4.69) is 38.8 Å². The highest BCUT2D eigenvalue weighted by Crippen LogP contribution is 2.38. The molecule has 206 valence electrons. The molecule has 0 radical (unpaired) electrons. The zero-order chi connectivity index (χ0) is 28.1. The van der Waals surface area contributed by atoms with Crippen LogP contribution in [0.2, 0.25) is 28.2 Å². The number of benzene rings is 1. The van der Waals surface area contributed by atoms with E-state index < -0.39 is 14.4 Å². The minimum Gasteiger partial charge on any atom is -0.493 e. The first-order chi connectivity index (χ1) is 17.8. The number of thiophene rings is 1. The van der Waals surface area contributed by atoms with E-state index in [1.165, 1.54) is 12.4 Å². The molecule has 2 aromatic heterocycles. The molecule has 0 aliphatic rings. The summed E-state index contributed by atoms with van der Waals surface area (Å²) in [5.74, 6) is 0.750. The number of nitrogens with zero attached hydrogens (tertiary/aromatic N) is 1. The number of carbonyl (C=O) groups is 1. The molecule has 3 aromatic rings. The predicted molar refractivity (Wildman–Crippen MR) is 156 cm³/mol. The molecule has 0 unspecified atom stereocenters. The molecule has 2 heterocycles. The highest BCUT2D eigenvalue weighted by molar-refractivity contribution is 7.12. The number of ether oxygens (including phenoxy) is 3. The first-order valence-electron chi connectivity index (χ1n) is 12.3. The van der Waals surface area contributed by atoms with Crippen molar-refractivity contribution >= 4 is 48.8 Å². The molecule has 1 atom stereocenters. The third kappa shape index (κ3) is 7.73. The van der Waals surface area contributed by atoms with Crippen LogP contribution in [-0.2, 0) is 33.4 Å². The molecule has 0 fully saturated rings. The number of halogens is 2. The van der Waals surface area contributed by atoms with Crippen LogP contribution in [0.25, 0.3) is 0 Å². The Balaban J connectivity index is 1.77. The lowest BCUT2D eigenvalue weighted by Gasteiger charge is -2.36. The minimum atomic E-state index is -1.86. The fourth-order valence-electron chi connectivity index (χ4n) is 3.50. The summed E-state index contributed by atoms with van der Waals surface area (Å²) in [4.78, 5) is 19.1. The predicted octanol–water partition coefficient (Wildman–Crippen LogP) is 8.06. The Morgan fingerprint density at radius 2 is 1.63 bits per heavy atom. The van der Waals surface area contributed by atoms with Crippen molar-refractivity contribution in [2.45, 2.75) is 64.5 Å². The largest absolute Gasteiger partial charge is 0.493 e. The maximum atomic E-state index is 13.1. The average molecular weight is 597 g/mol. The number of hydrogen-bond acceptors (Lipinski definition) is 7. The zero-order valence-corrected chi connectivity index (χ0v) is 26.2. The highest BCUT2D eigenvalue weighted by atomic mass is 35.5. The SMILES string of the molecule is COc1ccc([C@H](Cc2c(Cl)cncc2Cl)OC(=O)Cc2ccc(CO[Si](C)(C)C(C)(C)C)s2)cc1OC. The lowest BCUT2D eigenvalue weighted by Crippen LogP contribution is -2.40. The van der Waals surface area contributed by atoms with Crippen molar-refractivity contribution in [2.24, 2.45) is 0 Å². The lowest BCUT2D eigenvalue weighted by molar-refractivity contribution is -0.148. The van der Waals surface area contributed by atoms with Crippen molar-refractivity contribution in [2.75, 3.05) is 14.2 Å². The van der Waals surface area contributed by atoms with Crippen molar-refractivity contribution in [3.63, 3.8) is 0 Å². The summed E-state index contributed by atoms with van der Waals surface area (Å²) in [5, 5.41) is 0.948. The number of aromatic nitrogens is 1. The number of hydrogen-bond donors (Lipinski definition) is 0. The van der Waals surface area contributed by atoms with E-state index in [0.29, 0.717) is 33.7 Å². The topological polar surface area (TPSA) is 66.9 Å². The van der Waals surface area contributed by atoms with Crippen molar-refractivity contribution in [3.8, 4) is 11.5 Å². The molecule has 0 aliphatic carbocycles. The van der Waals surface area contributed by atoms with Gasteiger partial charge in [0.1, 0.15) is 6.10 Å².